The van der Waals surface area contributed by atoms with E-state index in [1.807, 2.05) is 6.92 Å². The molecule has 0 aliphatic rings. The molecule has 44 valence electrons. The number of hydrogen-bond acceptors (Lipinski definition) is 2. The number of aromatic amines is 1. The number of aryl methyl sites for hydroxylation is 2. The summed E-state index contributed by atoms with van der Waals surface area (Å²) in [6, 6.07) is 0. The lowest BCUT2D eigenvalue weighted by atomic mass is 10.3. The highest BCUT2D eigenvalue weighted by molar-refractivity contribution is 5.04. The quantitative estimate of drug-likeness (QED) is 0.578. The van der Waals surface area contributed by atoms with Gasteiger partial charge in [0.05, 0.1) is 11.4 Å². The fraction of sp³-hybridized carbons (Fsp3) is 0.600. The number of hydrogen-bond donors (Lipinski definition) is 1. The third-order valence-electron chi connectivity index (χ3n) is 1.16. The van der Waals surface area contributed by atoms with Gasteiger partial charge >= 0.3 is 0 Å². The van der Waals surface area contributed by atoms with Gasteiger partial charge in [-0.25, -0.2) is 0 Å². The van der Waals surface area contributed by atoms with Crippen molar-refractivity contribution in [2.45, 2.75) is 20.3 Å². The average Bonchev–Trinajstić information content (AvgIpc) is 2.14. The molecule has 1 aromatic heterocycles. The number of aromatic nitrogens is 3. The van der Waals surface area contributed by atoms with Crippen LogP contribution in [-0.4, -0.2) is 15.4 Å². The van der Waals surface area contributed by atoms with E-state index >= 15 is 0 Å². The van der Waals surface area contributed by atoms with Gasteiger partial charge in [0, 0.05) is 0 Å². The van der Waals surface area contributed by atoms with Crippen LogP contribution in [0.5, 0.6) is 0 Å². The molecule has 0 aliphatic heterocycles. The molecule has 1 aromatic rings. The summed E-state index contributed by atoms with van der Waals surface area (Å²) < 4.78 is 0. The smallest absolute Gasteiger partial charge is 0.0851 e. The molecule has 0 amide bonds. The van der Waals surface area contributed by atoms with Crippen molar-refractivity contribution in [3.05, 3.63) is 11.4 Å². The monoisotopic (exact) mass is 111 g/mol. The van der Waals surface area contributed by atoms with Crippen molar-refractivity contribution in [1.29, 1.82) is 0 Å². The molecule has 0 fully saturated rings. The second-order valence-corrected chi connectivity index (χ2v) is 1.71. The molecule has 0 radical (unpaired) electrons. The van der Waals surface area contributed by atoms with Crippen LogP contribution in [0.25, 0.3) is 0 Å². The number of rotatable bonds is 1. The lowest BCUT2D eigenvalue weighted by molar-refractivity contribution is 0.906. The first kappa shape index (κ1) is 5.28. The van der Waals surface area contributed by atoms with Crippen molar-refractivity contribution < 1.29 is 0 Å². The molecule has 0 unspecified atom stereocenters. The lowest BCUT2D eigenvalue weighted by Crippen LogP contribution is -1.81. The first-order valence-electron chi connectivity index (χ1n) is 2.71. The van der Waals surface area contributed by atoms with Crippen LogP contribution in [-0.2, 0) is 6.42 Å². The van der Waals surface area contributed by atoms with Crippen molar-refractivity contribution in [3.8, 4) is 0 Å². The molecule has 0 spiro atoms. The van der Waals surface area contributed by atoms with Gasteiger partial charge in [0.25, 0.3) is 0 Å². The first-order chi connectivity index (χ1) is 3.84. The summed E-state index contributed by atoms with van der Waals surface area (Å²) in [6.45, 7) is 4.01. The minimum Gasteiger partial charge on any atom is -0.197 e. The van der Waals surface area contributed by atoms with Crippen LogP contribution in [0.2, 0.25) is 0 Å². The van der Waals surface area contributed by atoms with Gasteiger partial charge in [-0.05, 0) is 13.3 Å². The summed E-state index contributed by atoms with van der Waals surface area (Å²) in [5, 5.41) is 10.3. The maximum Gasteiger partial charge on any atom is 0.0851 e. The Balaban J connectivity index is 2.92. The molecule has 3 heteroatoms. The lowest BCUT2D eigenvalue weighted by Gasteiger charge is -1.82. The Labute approximate surface area is 48.1 Å². The van der Waals surface area contributed by atoms with Gasteiger partial charge in [-0.1, -0.05) is 6.92 Å². The standard InChI is InChI=1S/C5H9N3/c1-3-5-4(2)6-8-7-5/h3H2,1-2H3,(H,6,7,8). The van der Waals surface area contributed by atoms with Crippen molar-refractivity contribution >= 4 is 0 Å². The van der Waals surface area contributed by atoms with Crippen molar-refractivity contribution in [2.75, 3.05) is 0 Å². The summed E-state index contributed by atoms with van der Waals surface area (Å²) in [5.41, 5.74) is 2.07. The summed E-state index contributed by atoms with van der Waals surface area (Å²) >= 11 is 0. The van der Waals surface area contributed by atoms with Crippen LogP contribution >= 0.6 is 0 Å². The van der Waals surface area contributed by atoms with Gasteiger partial charge in [0.1, 0.15) is 0 Å². The van der Waals surface area contributed by atoms with Crippen molar-refractivity contribution in [2.24, 2.45) is 0 Å². The Bertz CT molecular complexity index is 168. The molecule has 1 heterocycles. The van der Waals surface area contributed by atoms with Gasteiger partial charge in [0.2, 0.25) is 0 Å². The molecule has 8 heavy (non-hydrogen) atoms. The van der Waals surface area contributed by atoms with E-state index in [1.54, 1.807) is 0 Å². The van der Waals surface area contributed by atoms with Gasteiger partial charge in [-0.15, -0.1) is 0 Å². The molecule has 1 N–H and O–H groups in total. The summed E-state index contributed by atoms with van der Waals surface area (Å²) in [6.07, 6.45) is 0.961. The fourth-order valence-electron chi connectivity index (χ4n) is 0.641. The third kappa shape index (κ3) is 0.710. The number of H-pyrrole nitrogens is 1. The van der Waals surface area contributed by atoms with Crippen LogP contribution in [0.15, 0.2) is 0 Å². The topological polar surface area (TPSA) is 41.6 Å². The van der Waals surface area contributed by atoms with E-state index in [0.29, 0.717) is 0 Å². The molecular weight excluding hydrogens is 102 g/mol. The summed E-state index contributed by atoms with van der Waals surface area (Å²) in [4.78, 5) is 0. The third-order valence-corrected chi connectivity index (χ3v) is 1.16. The highest BCUT2D eigenvalue weighted by Gasteiger charge is 1.95. The zero-order valence-electron chi connectivity index (χ0n) is 5.10. The predicted molar refractivity (Wildman–Crippen MR) is 30.5 cm³/mol. The molecule has 0 saturated carbocycles. The van der Waals surface area contributed by atoms with E-state index in [-0.39, 0.29) is 0 Å². The summed E-state index contributed by atoms with van der Waals surface area (Å²) in [7, 11) is 0. The second-order valence-electron chi connectivity index (χ2n) is 1.71. The summed E-state index contributed by atoms with van der Waals surface area (Å²) in [5.74, 6) is 0. The second kappa shape index (κ2) is 1.94. The van der Waals surface area contributed by atoms with E-state index in [0.717, 1.165) is 17.8 Å². The highest BCUT2D eigenvalue weighted by Crippen LogP contribution is 1.96. The Morgan fingerprint density at radius 1 is 1.50 bits per heavy atom. The molecule has 3 nitrogen and oxygen atoms in total. The van der Waals surface area contributed by atoms with Crippen LogP contribution in [0.4, 0.5) is 0 Å². The van der Waals surface area contributed by atoms with E-state index in [1.165, 1.54) is 0 Å². The maximum atomic E-state index is 3.90. The predicted octanol–water partition coefficient (Wildman–Crippen LogP) is 0.676. The Kier molecular flexibility index (Phi) is 1.28. The number of nitrogens with zero attached hydrogens (tertiary/aromatic N) is 2. The maximum absolute atomic E-state index is 3.90. The largest absolute Gasteiger partial charge is 0.197 e. The van der Waals surface area contributed by atoms with E-state index in [9.17, 15) is 0 Å². The van der Waals surface area contributed by atoms with Gasteiger partial charge in [-0.3, -0.25) is 0 Å². The van der Waals surface area contributed by atoms with Gasteiger partial charge in [-0.2, -0.15) is 15.4 Å². The van der Waals surface area contributed by atoms with Crippen molar-refractivity contribution in [1.82, 2.24) is 15.4 Å². The zero-order valence-corrected chi connectivity index (χ0v) is 5.10. The first-order valence-corrected chi connectivity index (χ1v) is 2.71. The minimum absolute atomic E-state index is 0.961. The van der Waals surface area contributed by atoms with E-state index < -0.39 is 0 Å². The van der Waals surface area contributed by atoms with Crippen LogP contribution in [0.3, 0.4) is 0 Å². The molecule has 0 saturated heterocycles. The van der Waals surface area contributed by atoms with Crippen LogP contribution in [0.1, 0.15) is 18.3 Å². The molecule has 0 bridgehead atoms. The van der Waals surface area contributed by atoms with E-state index in [4.69, 9.17) is 0 Å². The average molecular weight is 111 g/mol. The molecule has 0 atom stereocenters. The van der Waals surface area contributed by atoms with Crippen LogP contribution in [0, 0.1) is 6.92 Å². The molecule has 1 rings (SSSR count). The Morgan fingerprint density at radius 2 is 2.25 bits per heavy atom. The minimum atomic E-state index is 0.961. The van der Waals surface area contributed by atoms with E-state index in [2.05, 4.69) is 22.3 Å². The molecule has 0 aromatic carbocycles. The van der Waals surface area contributed by atoms with Gasteiger partial charge in [0.15, 0.2) is 0 Å². The normalized spacial score (nSPS) is 9.75. The highest BCUT2D eigenvalue weighted by atomic mass is 15.3. The van der Waals surface area contributed by atoms with Crippen molar-refractivity contribution in [3.63, 3.8) is 0 Å². The molecular formula is C5H9N3. The SMILES string of the molecule is CCc1n[nH]nc1C. The molecule has 0 aliphatic carbocycles. The number of nitrogens with one attached hydrogen (secondary N) is 1. The zero-order chi connectivity index (χ0) is 5.98. The Morgan fingerprint density at radius 3 is 2.50 bits per heavy atom. The Hall–Kier alpha value is -0.860. The fourth-order valence-corrected chi connectivity index (χ4v) is 0.641. The van der Waals surface area contributed by atoms with Crippen LogP contribution < -0.4 is 0 Å². The van der Waals surface area contributed by atoms with Gasteiger partial charge < -0.3 is 0 Å².